The summed E-state index contributed by atoms with van der Waals surface area (Å²) in [5, 5.41) is 8.75. The molecule has 0 aromatic heterocycles. The molecule has 2 aromatic carbocycles. The van der Waals surface area contributed by atoms with Crippen LogP contribution < -0.4 is 4.72 Å². The number of aliphatic carboxylic acids is 1. The number of carboxylic acid groups (broad SMARTS) is 1. The predicted molar refractivity (Wildman–Crippen MR) is 90.5 cm³/mol. The fourth-order valence-electron chi connectivity index (χ4n) is 3.11. The van der Waals surface area contributed by atoms with E-state index in [1.165, 1.54) is 35.4 Å². The molecule has 0 saturated carbocycles. The van der Waals surface area contributed by atoms with Gasteiger partial charge < -0.3 is 5.11 Å². The molecule has 24 heavy (non-hydrogen) atoms. The zero-order valence-electron chi connectivity index (χ0n) is 13.1. The molecule has 0 radical (unpaired) electrons. The topological polar surface area (TPSA) is 83.5 Å². The number of hydrogen-bond acceptors (Lipinski definition) is 3. The molecule has 0 spiro atoms. The van der Waals surface area contributed by atoms with Crippen LogP contribution in [0.5, 0.6) is 0 Å². The molecule has 0 heterocycles. The highest BCUT2D eigenvalue weighted by Gasteiger charge is 2.24. The number of hydrogen-bond donors (Lipinski definition) is 2. The molecule has 2 N–H and O–H groups in total. The molecule has 1 aliphatic rings. The molecule has 1 atom stereocenters. The second-order valence-electron chi connectivity index (χ2n) is 6.00. The molecule has 5 nitrogen and oxygen atoms in total. The standard InChI is InChI=1S/C18H19NO4S/c20-18(21)11-13-5-9-16(10-6-13)24(22,23)19-12-15-8-7-14-3-1-2-4-17(14)15/h1-6,9-10,15,19H,7-8,11-12H2,(H,20,21). The summed E-state index contributed by atoms with van der Waals surface area (Å²) in [6, 6.07) is 14.1. The van der Waals surface area contributed by atoms with Gasteiger partial charge in [-0.15, -0.1) is 0 Å². The van der Waals surface area contributed by atoms with Crippen LogP contribution in [-0.4, -0.2) is 26.0 Å². The first-order valence-corrected chi connectivity index (χ1v) is 9.32. The number of carbonyl (C=O) groups is 1. The monoisotopic (exact) mass is 345 g/mol. The summed E-state index contributed by atoms with van der Waals surface area (Å²) in [5.41, 5.74) is 3.09. The third-order valence-electron chi connectivity index (χ3n) is 4.37. The highest BCUT2D eigenvalue weighted by atomic mass is 32.2. The number of nitrogens with one attached hydrogen (secondary N) is 1. The summed E-state index contributed by atoms with van der Waals surface area (Å²) in [6.07, 6.45) is 1.80. The Morgan fingerprint density at radius 3 is 2.54 bits per heavy atom. The van der Waals surface area contributed by atoms with E-state index in [9.17, 15) is 13.2 Å². The summed E-state index contributed by atoms with van der Waals surface area (Å²) < 4.78 is 27.5. The smallest absolute Gasteiger partial charge is 0.307 e. The van der Waals surface area contributed by atoms with Gasteiger partial charge in [-0.1, -0.05) is 36.4 Å². The van der Waals surface area contributed by atoms with E-state index in [2.05, 4.69) is 16.9 Å². The summed E-state index contributed by atoms with van der Waals surface area (Å²) in [6.45, 7) is 0.371. The van der Waals surface area contributed by atoms with Gasteiger partial charge in [0.2, 0.25) is 10.0 Å². The molecule has 0 bridgehead atoms. The fraction of sp³-hybridized carbons (Fsp3) is 0.278. The quantitative estimate of drug-likeness (QED) is 0.842. The van der Waals surface area contributed by atoms with Crippen LogP contribution in [0.2, 0.25) is 0 Å². The van der Waals surface area contributed by atoms with Gasteiger partial charge in [0.15, 0.2) is 0 Å². The highest BCUT2D eigenvalue weighted by Crippen LogP contribution is 2.32. The van der Waals surface area contributed by atoms with E-state index in [0.717, 1.165) is 12.8 Å². The third kappa shape index (κ3) is 3.66. The zero-order chi connectivity index (χ0) is 17.2. The molecule has 0 saturated heterocycles. The zero-order valence-corrected chi connectivity index (χ0v) is 13.9. The molecule has 6 heteroatoms. The second-order valence-corrected chi connectivity index (χ2v) is 7.77. The molecule has 0 aliphatic heterocycles. The van der Waals surface area contributed by atoms with Gasteiger partial charge in [0.05, 0.1) is 11.3 Å². The van der Waals surface area contributed by atoms with Crippen molar-refractivity contribution < 1.29 is 18.3 Å². The fourth-order valence-corrected chi connectivity index (χ4v) is 4.19. The average Bonchev–Trinajstić information content (AvgIpc) is 2.96. The Kier molecular flexibility index (Phi) is 4.69. The molecule has 0 fully saturated rings. The lowest BCUT2D eigenvalue weighted by molar-refractivity contribution is -0.136. The normalized spacial score (nSPS) is 16.8. The Morgan fingerprint density at radius 2 is 1.83 bits per heavy atom. The number of fused-ring (bicyclic) bond motifs is 1. The number of carboxylic acids is 1. The minimum atomic E-state index is -3.59. The Bertz CT molecular complexity index is 844. The average molecular weight is 345 g/mol. The van der Waals surface area contributed by atoms with Crippen molar-refractivity contribution in [3.63, 3.8) is 0 Å². The van der Waals surface area contributed by atoms with Gasteiger partial charge in [0, 0.05) is 6.54 Å². The van der Waals surface area contributed by atoms with Crippen molar-refractivity contribution in [2.45, 2.75) is 30.1 Å². The number of aryl methyl sites for hydroxylation is 1. The van der Waals surface area contributed by atoms with E-state index < -0.39 is 16.0 Å². The Balaban J connectivity index is 1.67. The molecule has 1 aliphatic carbocycles. The van der Waals surface area contributed by atoms with Crippen molar-refractivity contribution >= 4 is 16.0 Å². The highest BCUT2D eigenvalue weighted by molar-refractivity contribution is 7.89. The largest absolute Gasteiger partial charge is 0.481 e. The van der Waals surface area contributed by atoms with E-state index in [4.69, 9.17) is 5.11 Å². The Labute approximate surface area is 141 Å². The summed E-state index contributed by atoms with van der Waals surface area (Å²) in [5.74, 6) is -0.745. The van der Waals surface area contributed by atoms with Gasteiger partial charge in [-0.3, -0.25) is 4.79 Å². The minimum Gasteiger partial charge on any atom is -0.481 e. The van der Waals surface area contributed by atoms with Gasteiger partial charge in [-0.05, 0) is 47.6 Å². The van der Waals surface area contributed by atoms with Gasteiger partial charge in [-0.2, -0.15) is 0 Å². The van der Waals surface area contributed by atoms with Crippen LogP contribution >= 0.6 is 0 Å². The van der Waals surface area contributed by atoms with E-state index in [1.54, 1.807) is 0 Å². The second kappa shape index (κ2) is 6.75. The van der Waals surface area contributed by atoms with Crippen molar-refractivity contribution in [2.75, 3.05) is 6.54 Å². The van der Waals surface area contributed by atoms with E-state index in [-0.39, 0.29) is 17.2 Å². The van der Waals surface area contributed by atoms with Crippen molar-refractivity contribution in [3.8, 4) is 0 Å². The summed E-state index contributed by atoms with van der Waals surface area (Å²) >= 11 is 0. The molecule has 3 rings (SSSR count). The van der Waals surface area contributed by atoms with Crippen LogP contribution in [-0.2, 0) is 27.7 Å². The van der Waals surface area contributed by atoms with Gasteiger partial charge in [0.1, 0.15) is 0 Å². The van der Waals surface area contributed by atoms with Crippen molar-refractivity contribution in [1.82, 2.24) is 4.72 Å². The van der Waals surface area contributed by atoms with Crippen LogP contribution in [0.4, 0.5) is 0 Å². The molecule has 0 amide bonds. The lowest BCUT2D eigenvalue weighted by Gasteiger charge is -2.13. The maximum absolute atomic E-state index is 12.4. The molecular weight excluding hydrogens is 326 g/mol. The van der Waals surface area contributed by atoms with Crippen molar-refractivity contribution in [2.24, 2.45) is 0 Å². The van der Waals surface area contributed by atoms with E-state index >= 15 is 0 Å². The molecule has 1 unspecified atom stereocenters. The first-order chi connectivity index (χ1) is 11.5. The van der Waals surface area contributed by atoms with Gasteiger partial charge in [0.25, 0.3) is 0 Å². The predicted octanol–water partition coefficient (Wildman–Crippen LogP) is 2.32. The van der Waals surface area contributed by atoms with Gasteiger partial charge >= 0.3 is 5.97 Å². The van der Waals surface area contributed by atoms with Crippen molar-refractivity contribution in [3.05, 3.63) is 65.2 Å². The van der Waals surface area contributed by atoms with Crippen LogP contribution in [0.1, 0.15) is 29.0 Å². The third-order valence-corrected chi connectivity index (χ3v) is 5.81. The first-order valence-electron chi connectivity index (χ1n) is 7.84. The van der Waals surface area contributed by atoms with Crippen LogP contribution in [0, 0.1) is 0 Å². The lowest BCUT2D eigenvalue weighted by Crippen LogP contribution is -2.28. The van der Waals surface area contributed by atoms with E-state index in [1.807, 2.05) is 12.1 Å². The number of sulfonamides is 1. The molecular formula is C18H19NO4S. The van der Waals surface area contributed by atoms with Crippen LogP contribution in [0.15, 0.2) is 53.4 Å². The van der Waals surface area contributed by atoms with Crippen LogP contribution in [0.3, 0.4) is 0 Å². The molecule has 2 aromatic rings. The summed E-state index contributed by atoms with van der Waals surface area (Å²) in [4.78, 5) is 10.8. The van der Waals surface area contributed by atoms with E-state index in [0.29, 0.717) is 12.1 Å². The SMILES string of the molecule is O=C(O)Cc1ccc(S(=O)(=O)NCC2CCc3ccccc32)cc1. The molecule has 126 valence electrons. The first kappa shape index (κ1) is 16.7. The maximum atomic E-state index is 12.4. The minimum absolute atomic E-state index is 0.118. The number of benzene rings is 2. The lowest BCUT2D eigenvalue weighted by atomic mass is 10.0. The van der Waals surface area contributed by atoms with Crippen LogP contribution in [0.25, 0.3) is 0 Å². The Hall–Kier alpha value is -2.18. The summed E-state index contributed by atoms with van der Waals surface area (Å²) in [7, 11) is -3.59. The van der Waals surface area contributed by atoms with Crippen molar-refractivity contribution in [1.29, 1.82) is 0 Å². The maximum Gasteiger partial charge on any atom is 0.307 e. The number of rotatable bonds is 6. The van der Waals surface area contributed by atoms with Gasteiger partial charge in [-0.25, -0.2) is 13.1 Å². The Morgan fingerprint density at radius 1 is 1.12 bits per heavy atom.